The first-order valence-corrected chi connectivity index (χ1v) is 12.6. The number of thiophene rings is 1. The van der Waals surface area contributed by atoms with Crippen molar-refractivity contribution in [2.24, 2.45) is 0 Å². The van der Waals surface area contributed by atoms with Crippen LogP contribution in [0, 0.1) is 0 Å². The van der Waals surface area contributed by atoms with Gasteiger partial charge in [0.2, 0.25) is 5.91 Å². The first-order valence-electron chi connectivity index (χ1n) is 9.48. The van der Waals surface area contributed by atoms with Crippen LogP contribution < -0.4 is 5.32 Å². The summed E-state index contributed by atoms with van der Waals surface area (Å²) in [6.07, 6.45) is 3.06. The summed E-state index contributed by atoms with van der Waals surface area (Å²) in [7, 11) is -3.65. The normalized spacial score (nSPS) is 19.0. The minimum Gasteiger partial charge on any atom is -0.301 e. The van der Waals surface area contributed by atoms with Crippen LogP contribution in [-0.4, -0.2) is 36.2 Å². The van der Waals surface area contributed by atoms with E-state index in [1.807, 2.05) is 12.1 Å². The quantitative estimate of drug-likeness (QED) is 0.663. The van der Waals surface area contributed by atoms with E-state index in [9.17, 15) is 13.2 Å². The zero-order valence-corrected chi connectivity index (χ0v) is 17.9. The molecule has 150 valence electrons. The molecule has 3 aromatic rings. The molecule has 1 saturated heterocycles. The Kier molecular flexibility index (Phi) is 4.78. The molecule has 0 saturated carbocycles. The van der Waals surface area contributed by atoms with Crippen LogP contribution in [0.25, 0.3) is 11.3 Å². The van der Waals surface area contributed by atoms with Crippen molar-refractivity contribution in [1.82, 2.24) is 9.29 Å². The molecule has 2 aliphatic rings. The number of anilines is 1. The third kappa shape index (κ3) is 3.31. The van der Waals surface area contributed by atoms with Gasteiger partial charge in [0, 0.05) is 17.0 Å². The molecule has 1 fully saturated rings. The van der Waals surface area contributed by atoms with E-state index in [0.717, 1.165) is 29.0 Å². The topological polar surface area (TPSA) is 79.4 Å². The number of aryl methyl sites for hydroxylation is 2. The number of amides is 1. The molecule has 6 nitrogen and oxygen atoms in total. The number of hydrogen-bond acceptors (Lipinski definition) is 6. The first kappa shape index (κ1) is 18.9. The van der Waals surface area contributed by atoms with Gasteiger partial charge in [-0.1, -0.05) is 30.3 Å². The number of hydrogen-bond donors (Lipinski definition) is 1. The van der Waals surface area contributed by atoms with Gasteiger partial charge in [0.15, 0.2) is 5.13 Å². The molecular weight excluding hydrogens is 426 g/mol. The number of sulfonamides is 1. The van der Waals surface area contributed by atoms with E-state index in [4.69, 9.17) is 0 Å². The summed E-state index contributed by atoms with van der Waals surface area (Å²) in [5.41, 5.74) is 3.32. The van der Waals surface area contributed by atoms with Crippen LogP contribution in [0.4, 0.5) is 5.13 Å². The van der Waals surface area contributed by atoms with Crippen molar-refractivity contribution in [3.05, 3.63) is 52.2 Å². The van der Waals surface area contributed by atoms with E-state index in [2.05, 4.69) is 22.4 Å². The van der Waals surface area contributed by atoms with Gasteiger partial charge < -0.3 is 5.32 Å². The van der Waals surface area contributed by atoms with Crippen molar-refractivity contribution >= 4 is 43.7 Å². The van der Waals surface area contributed by atoms with Crippen LogP contribution in [0.1, 0.15) is 23.3 Å². The third-order valence-electron chi connectivity index (χ3n) is 5.39. The molecule has 0 spiro atoms. The lowest BCUT2D eigenvalue weighted by atomic mass is 9.94. The van der Waals surface area contributed by atoms with Crippen LogP contribution in [0.15, 0.2) is 46.0 Å². The Bertz CT molecular complexity index is 1170. The second-order valence-corrected chi connectivity index (χ2v) is 11.3. The fourth-order valence-corrected chi connectivity index (χ4v) is 7.76. The largest absolute Gasteiger partial charge is 0.301 e. The molecule has 1 aliphatic carbocycles. The highest BCUT2D eigenvalue weighted by molar-refractivity contribution is 7.91. The molecule has 1 amide bonds. The van der Waals surface area contributed by atoms with Gasteiger partial charge in [-0.25, -0.2) is 13.4 Å². The Morgan fingerprint density at radius 2 is 2.03 bits per heavy atom. The number of benzene rings is 1. The molecule has 0 bridgehead atoms. The SMILES string of the molecule is O=C(Nc1nc2c(s1)CCc1ccccc1-2)[C@H]1CCCN1S(=O)(=O)c1cccs1. The smallest absolute Gasteiger partial charge is 0.253 e. The maximum atomic E-state index is 13.0. The molecule has 5 rings (SSSR count). The molecule has 1 N–H and O–H groups in total. The van der Waals surface area contributed by atoms with Crippen LogP contribution >= 0.6 is 22.7 Å². The molecule has 1 aliphatic heterocycles. The average molecular weight is 446 g/mol. The number of carbonyl (C=O) groups is 1. The molecule has 3 heterocycles. The van der Waals surface area contributed by atoms with Gasteiger partial charge in [0.25, 0.3) is 10.0 Å². The Morgan fingerprint density at radius 3 is 2.86 bits per heavy atom. The number of fused-ring (bicyclic) bond motifs is 3. The second-order valence-electron chi connectivity index (χ2n) is 7.14. The van der Waals surface area contributed by atoms with Crippen LogP contribution in [-0.2, 0) is 27.7 Å². The minimum absolute atomic E-state index is 0.276. The highest BCUT2D eigenvalue weighted by Crippen LogP contribution is 2.38. The number of thiazole rings is 1. The van der Waals surface area contributed by atoms with Crippen molar-refractivity contribution in [2.45, 2.75) is 35.9 Å². The molecule has 0 radical (unpaired) electrons. The van der Waals surface area contributed by atoms with Gasteiger partial charge in [0.1, 0.15) is 10.3 Å². The van der Waals surface area contributed by atoms with Crippen molar-refractivity contribution in [1.29, 1.82) is 0 Å². The Hall–Kier alpha value is -2.07. The zero-order valence-electron chi connectivity index (χ0n) is 15.5. The first-order chi connectivity index (χ1) is 14.0. The average Bonchev–Trinajstić information content (AvgIpc) is 3.47. The molecule has 29 heavy (non-hydrogen) atoms. The van der Waals surface area contributed by atoms with Crippen LogP contribution in [0.5, 0.6) is 0 Å². The standard InChI is InChI=1S/C20H19N3O3S3/c24-19(15-7-3-11-23(15)29(25,26)17-8-4-12-27-17)22-20-21-18-14-6-2-1-5-13(14)9-10-16(18)28-20/h1-2,4-6,8,12,15H,3,7,9-11H2,(H,21,22,24)/t15-/m1/s1. The van der Waals surface area contributed by atoms with Crippen LogP contribution in [0.2, 0.25) is 0 Å². The highest BCUT2D eigenvalue weighted by Gasteiger charge is 2.40. The van der Waals surface area contributed by atoms with Crippen molar-refractivity contribution in [3.8, 4) is 11.3 Å². The second kappa shape index (κ2) is 7.32. The summed E-state index contributed by atoms with van der Waals surface area (Å²) < 4.78 is 27.4. The van der Waals surface area contributed by atoms with Crippen molar-refractivity contribution in [2.75, 3.05) is 11.9 Å². The lowest BCUT2D eigenvalue weighted by Crippen LogP contribution is -2.42. The maximum absolute atomic E-state index is 13.0. The van der Waals surface area contributed by atoms with Gasteiger partial charge in [-0.05, 0) is 42.7 Å². The van der Waals surface area contributed by atoms with Crippen molar-refractivity contribution in [3.63, 3.8) is 0 Å². The minimum atomic E-state index is -3.65. The van der Waals surface area contributed by atoms with E-state index >= 15 is 0 Å². The molecular formula is C20H19N3O3S3. The fraction of sp³-hybridized carbons (Fsp3) is 0.300. The van der Waals surface area contributed by atoms with Gasteiger partial charge in [-0.3, -0.25) is 4.79 Å². The molecule has 0 unspecified atom stereocenters. The Balaban J connectivity index is 1.38. The lowest BCUT2D eigenvalue weighted by molar-refractivity contribution is -0.119. The highest BCUT2D eigenvalue weighted by atomic mass is 32.2. The number of carbonyl (C=O) groups excluding carboxylic acids is 1. The zero-order chi connectivity index (χ0) is 20.0. The maximum Gasteiger partial charge on any atom is 0.253 e. The monoisotopic (exact) mass is 445 g/mol. The summed E-state index contributed by atoms with van der Waals surface area (Å²) in [6, 6.07) is 10.8. The summed E-state index contributed by atoms with van der Waals surface area (Å²) in [6.45, 7) is 0.361. The van der Waals surface area contributed by atoms with E-state index in [-0.39, 0.29) is 10.1 Å². The van der Waals surface area contributed by atoms with Gasteiger partial charge in [-0.15, -0.1) is 22.7 Å². The van der Waals surface area contributed by atoms with Gasteiger partial charge in [-0.2, -0.15) is 4.31 Å². The molecule has 9 heteroatoms. The third-order valence-corrected chi connectivity index (χ3v) is 9.70. The lowest BCUT2D eigenvalue weighted by Gasteiger charge is -2.22. The molecule has 1 aromatic carbocycles. The van der Waals surface area contributed by atoms with Gasteiger partial charge in [0.05, 0.1) is 5.69 Å². The summed E-state index contributed by atoms with van der Waals surface area (Å²) >= 11 is 2.66. The van der Waals surface area contributed by atoms with Crippen molar-refractivity contribution < 1.29 is 13.2 Å². The summed E-state index contributed by atoms with van der Waals surface area (Å²) in [5, 5.41) is 5.16. The predicted octanol–water partition coefficient (Wildman–Crippen LogP) is 3.76. The van der Waals surface area contributed by atoms with E-state index in [1.54, 1.807) is 17.5 Å². The van der Waals surface area contributed by atoms with Gasteiger partial charge >= 0.3 is 0 Å². The number of aromatic nitrogens is 1. The fourth-order valence-electron chi connectivity index (χ4n) is 4.01. The molecule has 1 atom stereocenters. The van der Waals surface area contributed by atoms with E-state index in [0.29, 0.717) is 24.5 Å². The van der Waals surface area contributed by atoms with E-state index in [1.165, 1.54) is 32.5 Å². The number of nitrogens with zero attached hydrogens (tertiary/aromatic N) is 2. The number of nitrogens with one attached hydrogen (secondary N) is 1. The van der Waals surface area contributed by atoms with E-state index < -0.39 is 16.1 Å². The summed E-state index contributed by atoms with van der Waals surface area (Å²) in [4.78, 5) is 18.8. The summed E-state index contributed by atoms with van der Waals surface area (Å²) in [5.74, 6) is -0.304. The number of rotatable bonds is 4. The molecule has 2 aromatic heterocycles. The Labute approximate surface area is 177 Å². The Morgan fingerprint density at radius 1 is 1.17 bits per heavy atom. The van der Waals surface area contributed by atoms with Crippen LogP contribution in [0.3, 0.4) is 0 Å². The predicted molar refractivity (Wildman–Crippen MR) is 115 cm³/mol.